The van der Waals surface area contributed by atoms with Gasteiger partial charge in [0, 0.05) is 24.5 Å². The minimum Gasteiger partial charge on any atom is -0.387 e. The van der Waals surface area contributed by atoms with Crippen molar-refractivity contribution in [2.24, 2.45) is 0 Å². The van der Waals surface area contributed by atoms with Gasteiger partial charge in [0.25, 0.3) is 0 Å². The second-order valence-corrected chi connectivity index (χ2v) is 3.45. The van der Waals surface area contributed by atoms with E-state index in [9.17, 15) is 5.11 Å². The highest BCUT2D eigenvalue weighted by Crippen LogP contribution is 2.09. The van der Waals surface area contributed by atoms with E-state index in [1.807, 2.05) is 0 Å². The van der Waals surface area contributed by atoms with E-state index in [2.05, 4.69) is 22.2 Å². The van der Waals surface area contributed by atoms with E-state index in [-0.39, 0.29) is 5.95 Å². The minimum atomic E-state index is -0.567. The first-order chi connectivity index (χ1) is 7.24. The van der Waals surface area contributed by atoms with Gasteiger partial charge in [-0.2, -0.15) is 0 Å². The van der Waals surface area contributed by atoms with Crippen LogP contribution >= 0.6 is 0 Å². The Morgan fingerprint density at radius 2 is 2.13 bits per heavy atom. The molecule has 1 aromatic rings. The normalized spacial score (nSPS) is 12.7. The molecule has 0 fully saturated rings. The molecule has 15 heavy (non-hydrogen) atoms. The topological polar surface area (TPSA) is 84.1 Å². The van der Waals surface area contributed by atoms with Crippen molar-refractivity contribution < 1.29 is 5.11 Å². The van der Waals surface area contributed by atoms with Crippen molar-refractivity contribution in [3.8, 4) is 0 Å². The summed E-state index contributed by atoms with van der Waals surface area (Å²) in [6.07, 6.45) is 4.80. The van der Waals surface area contributed by atoms with E-state index in [1.54, 1.807) is 12.4 Å². The minimum absolute atomic E-state index is 0.227. The van der Waals surface area contributed by atoms with Crippen LogP contribution in [0, 0.1) is 0 Å². The Bertz CT molecular complexity index is 275. The lowest BCUT2D eigenvalue weighted by atomic mass is 10.2. The predicted octanol–water partition coefficient (Wildman–Crippen LogP) is 0.482. The molecule has 1 atom stereocenters. The van der Waals surface area contributed by atoms with Crippen molar-refractivity contribution in [3.05, 3.63) is 18.0 Å². The fourth-order valence-corrected chi connectivity index (χ4v) is 1.18. The number of hydrogen-bond donors (Lipinski definition) is 3. The van der Waals surface area contributed by atoms with E-state index in [0.717, 1.165) is 19.4 Å². The van der Waals surface area contributed by atoms with Gasteiger partial charge in [0.2, 0.25) is 5.95 Å². The van der Waals surface area contributed by atoms with Crippen molar-refractivity contribution in [1.29, 1.82) is 0 Å². The lowest BCUT2D eigenvalue weighted by Gasteiger charge is -2.11. The van der Waals surface area contributed by atoms with Gasteiger partial charge in [-0.3, -0.25) is 0 Å². The van der Waals surface area contributed by atoms with Crippen molar-refractivity contribution >= 4 is 5.95 Å². The number of nitrogens with one attached hydrogen (secondary N) is 1. The highest BCUT2D eigenvalue weighted by atomic mass is 16.3. The van der Waals surface area contributed by atoms with E-state index in [0.29, 0.717) is 12.1 Å². The average molecular weight is 210 g/mol. The first-order valence-corrected chi connectivity index (χ1v) is 5.20. The Kier molecular flexibility index (Phi) is 5.00. The van der Waals surface area contributed by atoms with E-state index >= 15 is 0 Å². The number of aliphatic hydroxyl groups is 1. The van der Waals surface area contributed by atoms with Crippen LogP contribution in [0.4, 0.5) is 5.95 Å². The van der Waals surface area contributed by atoms with Gasteiger partial charge in [-0.1, -0.05) is 13.3 Å². The molecule has 0 saturated heterocycles. The molecule has 1 aromatic heterocycles. The van der Waals surface area contributed by atoms with Crippen LogP contribution in [0.3, 0.4) is 0 Å². The van der Waals surface area contributed by atoms with Crippen molar-refractivity contribution in [3.63, 3.8) is 0 Å². The van der Waals surface area contributed by atoms with Crippen molar-refractivity contribution in [2.75, 3.05) is 18.8 Å². The summed E-state index contributed by atoms with van der Waals surface area (Å²) in [5.41, 5.74) is 6.04. The van der Waals surface area contributed by atoms with Gasteiger partial charge in [-0.05, 0) is 13.0 Å². The van der Waals surface area contributed by atoms with Crippen molar-refractivity contribution in [2.45, 2.75) is 25.9 Å². The van der Waals surface area contributed by atoms with Crippen LogP contribution < -0.4 is 11.1 Å². The highest BCUT2D eigenvalue weighted by Gasteiger charge is 2.07. The number of anilines is 1. The number of rotatable bonds is 6. The molecule has 4 N–H and O–H groups in total. The molecule has 1 rings (SSSR count). The van der Waals surface area contributed by atoms with Crippen LogP contribution in [-0.2, 0) is 0 Å². The van der Waals surface area contributed by atoms with E-state index in [4.69, 9.17) is 5.73 Å². The monoisotopic (exact) mass is 210 g/mol. The molecule has 5 nitrogen and oxygen atoms in total. The molecule has 1 heterocycles. The third kappa shape index (κ3) is 4.22. The zero-order valence-corrected chi connectivity index (χ0v) is 8.98. The Labute approximate surface area is 89.7 Å². The number of aliphatic hydroxyl groups excluding tert-OH is 1. The summed E-state index contributed by atoms with van der Waals surface area (Å²) in [5, 5.41) is 12.9. The molecule has 0 aliphatic rings. The van der Waals surface area contributed by atoms with Crippen LogP contribution in [0.1, 0.15) is 31.4 Å². The molecular formula is C10H18N4O. The Hall–Kier alpha value is -1.20. The molecule has 0 bridgehead atoms. The molecule has 84 valence electrons. The number of hydrogen-bond acceptors (Lipinski definition) is 5. The first kappa shape index (κ1) is 11.9. The summed E-state index contributed by atoms with van der Waals surface area (Å²) in [6, 6.07) is 0. The number of unbranched alkanes of at least 4 members (excludes halogenated alkanes) is 1. The van der Waals surface area contributed by atoms with Crippen LogP contribution in [-0.4, -0.2) is 28.2 Å². The largest absolute Gasteiger partial charge is 0.387 e. The summed E-state index contributed by atoms with van der Waals surface area (Å²) in [4.78, 5) is 7.65. The Balaban J connectivity index is 2.33. The van der Waals surface area contributed by atoms with E-state index < -0.39 is 6.10 Å². The molecule has 0 amide bonds. The summed E-state index contributed by atoms with van der Waals surface area (Å²) in [6.45, 7) is 3.57. The maximum atomic E-state index is 9.73. The summed E-state index contributed by atoms with van der Waals surface area (Å²) >= 11 is 0. The third-order valence-electron chi connectivity index (χ3n) is 2.12. The van der Waals surface area contributed by atoms with Gasteiger partial charge in [0.1, 0.15) is 0 Å². The zero-order valence-electron chi connectivity index (χ0n) is 8.98. The SMILES string of the molecule is CCCCNC[C@H](O)c1cnc(N)nc1. The van der Waals surface area contributed by atoms with Gasteiger partial charge in [0.15, 0.2) is 0 Å². The Morgan fingerprint density at radius 1 is 1.47 bits per heavy atom. The fourth-order valence-electron chi connectivity index (χ4n) is 1.18. The summed E-state index contributed by atoms with van der Waals surface area (Å²) in [5.74, 6) is 0.227. The average Bonchev–Trinajstić information content (AvgIpc) is 2.25. The smallest absolute Gasteiger partial charge is 0.219 e. The second kappa shape index (κ2) is 6.31. The van der Waals surface area contributed by atoms with Gasteiger partial charge in [0.05, 0.1) is 6.10 Å². The van der Waals surface area contributed by atoms with Crippen LogP contribution in [0.25, 0.3) is 0 Å². The van der Waals surface area contributed by atoms with Crippen LogP contribution in [0.2, 0.25) is 0 Å². The number of nitrogens with zero attached hydrogens (tertiary/aromatic N) is 2. The van der Waals surface area contributed by atoms with Crippen LogP contribution in [0.15, 0.2) is 12.4 Å². The quantitative estimate of drug-likeness (QED) is 0.595. The second-order valence-electron chi connectivity index (χ2n) is 3.45. The van der Waals surface area contributed by atoms with Gasteiger partial charge in [-0.15, -0.1) is 0 Å². The predicted molar refractivity (Wildman–Crippen MR) is 59.2 cm³/mol. The molecule has 0 radical (unpaired) electrons. The number of aromatic nitrogens is 2. The molecule has 0 aliphatic carbocycles. The fraction of sp³-hybridized carbons (Fsp3) is 0.600. The van der Waals surface area contributed by atoms with Gasteiger partial charge < -0.3 is 16.2 Å². The molecule has 0 saturated carbocycles. The first-order valence-electron chi connectivity index (χ1n) is 5.20. The van der Waals surface area contributed by atoms with E-state index in [1.165, 1.54) is 0 Å². The van der Waals surface area contributed by atoms with Gasteiger partial charge >= 0.3 is 0 Å². The van der Waals surface area contributed by atoms with Crippen LogP contribution in [0.5, 0.6) is 0 Å². The molecular weight excluding hydrogens is 192 g/mol. The summed E-state index contributed by atoms with van der Waals surface area (Å²) in [7, 11) is 0. The molecule has 0 aliphatic heterocycles. The summed E-state index contributed by atoms with van der Waals surface area (Å²) < 4.78 is 0. The molecule has 0 unspecified atom stereocenters. The maximum Gasteiger partial charge on any atom is 0.219 e. The zero-order chi connectivity index (χ0) is 11.1. The molecule has 0 spiro atoms. The third-order valence-corrected chi connectivity index (χ3v) is 2.12. The lowest BCUT2D eigenvalue weighted by Crippen LogP contribution is -2.22. The number of nitrogens with two attached hydrogens (primary N) is 1. The maximum absolute atomic E-state index is 9.73. The number of nitrogen functional groups attached to an aromatic ring is 1. The Morgan fingerprint density at radius 3 is 2.73 bits per heavy atom. The van der Waals surface area contributed by atoms with Gasteiger partial charge in [-0.25, -0.2) is 9.97 Å². The lowest BCUT2D eigenvalue weighted by molar-refractivity contribution is 0.174. The highest BCUT2D eigenvalue weighted by molar-refractivity contribution is 5.18. The molecule has 5 heteroatoms. The standard InChI is InChI=1S/C10H18N4O/c1-2-3-4-12-7-9(15)8-5-13-10(11)14-6-8/h5-6,9,12,15H,2-4,7H2,1H3,(H2,11,13,14)/t9-/m0/s1. The van der Waals surface area contributed by atoms with Crippen molar-refractivity contribution in [1.82, 2.24) is 15.3 Å². The molecule has 0 aromatic carbocycles.